The number of hydrogen-bond acceptors (Lipinski definition) is 1. The topological polar surface area (TPSA) is 20.2 Å². The lowest BCUT2D eigenvalue weighted by molar-refractivity contribution is -0.0197. The molecule has 104 valence electrons. The summed E-state index contributed by atoms with van der Waals surface area (Å²) in [5.74, 6) is 1.30. The lowest BCUT2D eigenvalue weighted by Crippen LogP contribution is -2.38. The van der Waals surface area contributed by atoms with Crippen molar-refractivity contribution in [2.75, 3.05) is 0 Å². The summed E-state index contributed by atoms with van der Waals surface area (Å²) in [5.41, 5.74) is 0.251. The van der Waals surface area contributed by atoms with Gasteiger partial charge in [0.25, 0.3) is 0 Å². The molecule has 0 radical (unpaired) electrons. The second-order valence-corrected chi connectivity index (χ2v) is 7.10. The van der Waals surface area contributed by atoms with Crippen LogP contribution in [0, 0.1) is 17.7 Å². The van der Waals surface area contributed by atoms with Crippen molar-refractivity contribution in [3.05, 3.63) is 34.1 Å². The zero-order valence-electron chi connectivity index (χ0n) is 11.0. The number of halogens is 2. The Morgan fingerprint density at radius 1 is 1.26 bits per heavy atom. The third-order valence-electron chi connectivity index (χ3n) is 4.70. The van der Waals surface area contributed by atoms with Crippen LogP contribution in [0.4, 0.5) is 4.39 Å². The van der Waals surface area contributed by atoms with Gasteiger partial charge in [0.05, 0.1) is 10.1 Å². The van der Waals surface area contributed by atoms with E-state index in [2.05, 4.69) is 15.9 Å². The highest BCUT2D eigenvalue weighted by atomic mass is 79.9. The Kier molecular flexibility index (Phi) is 3.69. The minimum Gasteiger partial charge on any atom is -0.390 e. The molecule has 0 bridgehead atoms. The van der Waals surface area contributed by atoms with Gasteiger partial charge in [-0.2, -0.15) is 0 Å². The van der Waals surface area contributed by atoms with Crippen LogP contribution in [0.3, 0.4) is 0 Å². The van der Waals surface area contributed by atoms with Gasteiger partial charge in [0, 0.05) is 6.42 Å². The molecule has 2 aliphatic rings. The summed E-state index contributed by atoms with van der Waals surface area (Å²) in [7, 11) is 0. The maximum Gasteiger partial charge on any atom is 0.137 e. The van der Waals surface area contributed by atoms with E-state index < -0.39 is 5.60 Å². The first kappa shape index (κ1) is 13.6. The minimum absolute atomic E-state index is 0.240. The van der Waals surface area contributed by atoms with E-state index in [0.29, 0.717) is 16.8 Å². The van der Waals surface area contributed by atoms with Gasteiger partial charge in [-0.25, -0.2) is 4.39 Å². The fourth-order valence-corrected chi connectivity index (χ4v) is 3.96. The van der Waals surface area contributed by atoms with Crippen LogP contribution in [0.15, 0.2) is 22.7 Å². The van der Waals surface area contributed by atoms with E-state index in [1.54, 1.807) is 6.07 Å². The lowest BCUT2D eigenvalue weighted by atomic mass is 9.73. The molecule has 1 aromatic carbocycles. The maximum atomic E-state index is 13.5. The molecule has 0 amide bonds. The molecular formula is C16H20BrFO. The highest BCUT2D eigenvalue weighted by Gasteiger charge is 2.41. The first-order chi connectivity index (χ1) is 9.07. The zero-order valence-corrected chi connectivity index (χ0v) is 12.6. The molecule has 0 aromatic heterocycles. The summed E-state index contributed by atoms with van der Waals surface area (Å²) in [6, 6.07) is 5.08. The van der Waals surface area contributed by atoms with Crippen LogP contribution in [0.1, 0.15) is 44.1 Å². The van der Waals surface area contributed by atoms with Crippen LogP contribution in [0.25, 0.3) is 0 Å². The van der Waals surface area contributed by atoms with Gasteiger partial charge in [0.15, 0.2) is 0 Å². The van der Waals surface area contributed by atoms with E-state index >= 15 is 0 Å². The van der Waals surface area contributed by atoms with Crippen molar-refractivity contribution in [1.82, 2.24) is 0 Å². The molecule has 1 N–H and O–H groups in total. The molecule has 3 heteroatoms. The Bertz CT molecular complexity index is 472. The SMILES string of the molecule is OC1(Cc2cccc(F)c2Br)CCCC(C2CC2)C1. The van der Waals surface area contributed by atoms with Crippen molar-refractivity contribution in [3.8, 4) is 0 Å². The molecule has 2 aliphatic carbocycles. The molecule has 2 saturated carbocycles. The van der Waals surface area contributed by atoms with E-state index in [1.807, 2.05) is 6.07 Å². The van der Waals surface area contributed by atoms with E-state index in [1.165, 1.54) is 25.3 Å². The van der Waals surface area contributed by atoms with Crippen LogP contribution >= 0.6 is 15.9 Å². The predicted molar refractivity (Wildman–Crippen MR) is 77.4 cm³/mol. The average Bonchev–Trinajstić information content (AvgIpc) is 3.19. The van der Waals surface area contributed by atoms with E-state index in [9.17, 15) is 9.50 Å². The Morgan fingerprint density at radius 3 is 2.79 bits per heavy atom. The molecule has 0 spiro atoms. The summed E-state index contributed by atoms with van der Waals surface area (Å²) in [4.78, 5) is 0. The molecule has 0 heterocycles. The van der Waals surface area contributed by atoms with Gasteiger partial charge in [-0.05, 0) is 71.5 Å². The zero-order chi connectivity index (χ0) is 13.5. The van der Waals surface area contributed by atoms with Crippen molar-refractivity contribution in [1.29, 1.82) is 0 Å². The van der Waals surface area contributed by atoms with Gasteiger partial charge in [-0.3, -0.25) is 0 Å². The Balaban J connectivity index is 1.75. The molecule has 3 rings (SSSR count). The van der Waals surface area contributed by atoms with Crippen molar-refractivity contribution < 1.29 is 9.50 Å². The van der Waals surface area contributed by atoms with Crippen LogP contribution < -0.4 is 0 Å². The molecule has 2 fully saturated rings. The third-order valence-corrected chi connectivity index (χ3v) is 5.59. The summed E-state index contributed by atoms with van der Waals surface area (Å²) in [6.07, 6.45) is 7.34. The Morgan fingerprint density at radius 2 is 2.05 bits per heavy atom. The normalized spacial score (nSPS) is 31.4. The van der Waals surface area contributed by atoms with Gasteiger partial charge >= 0.3 is 0 Å². The van der Waals surface area contributed by atoms with Crippen molar-refractivity contribution in [2.45, 2.75) is 50.5 Å². The quantitative estimate of drug-likeness (QED) is 0.869. The monoisotopic (exact) mass is 326 g/mol. The minimum atomic E-state index is -0.637. The number of aliphatic hydroxyl groups is 1. The second kappa shape index (κ2) is 5.17. The van der Waals surface area contributed by atoms with Gasteiger partial charge < -0.3 is 5.11 Å². The average molecular weight is 327 g/mol. The Labute approximate surface area is 122 Å². The third kappa shape index (κ3) is 3.03. The summed E-state index contributed by atoms with van der Waals surface area (Å²) in [5, 5.41) is 10.8. The predicted octanol–water partition coefficient (Wildman–Crippen LogP) is 4.46. The standard InChI is InChI=1S/C16H20BrFO/c17-15-13(3-1-5-14(15)18)10-16(19)8-2-4-12(9-16)11-6-7-11/h1,3,5,11-12,19H,2,4,6-10H2. The maximum absolute atomic E-state index is 13.5. The molecule has 2 atom stereocenters. The molecule has 1 nitrogen and oxygen atoms in total. The van der Waals surface area contributed by atoms with Crippen molar-refractivity contribution >= 4 is 15.9 Å². The Hall–Kier alpha value is -0.410. The summed E-state index contributed by atoms with van der Waals surface area (Å²) >= 11 is 3.30. The first-order valence-electron chi connectivity index (χ1n) is 7.23. The molecule has 19 heavy (non-hydrogen) atoms. The van der Waals surface area contributed by atoms with Gasteiger partial charge in [0.2, 0.25) is 0 Å². The van der Waals surface area contributed by atoms with Crippen molar-refractivity contribution in [3.63, 3.8) is 0 Å². The van der Waals surface area contributed by atoms with Gasteiger partial charge in [-0.15, -0.1) is 0 Å². The molecule has 0 aliphatic heterocycles. The smallest absolute Gasteiger partial charge is 0.137 e. The highest BCUT2D eigenvalue weighted by Crippen LogP contribution is 2.47. The van der Waals surface area contributed by atoms with Gasteiger partial charge in [-0.1, -0.05) is 18.6 Å². The van der Waals surface area contributed by atoms with E-state index in [4.69, 9.17) is 0 Å². The van der Waals surface area contributed by atoms with E-state index in [-0.39, 0.29) is 5.82 Å². The fourth-order valence-electron chi connectivity index (χ4n) is 3.56. The molecule has 0 saturated heterocycles. The molecule has 1 aromatic rings. The van der Waals surface area contributed by atoms with Crippen LogP contribution in [-0.4, -0.2) is 10.7 Å². The summed E-state index contributed by atoms with van der Waals surface area (Å²) in [6.45, 7) is 0. The largest absolute Gasteiger partial charge is 0.390 e. The second-order valence-electron chi connectivity index (χ2n) is 6.31. The van der Waals surface area contributed by atoms with Gasteiger partial charge in [0.1, 0.15) is 5.82 Å². The highest BCUT2D eigenvalue weighted by molar-refractivity contribution is 9.10. The summed E-state index contributed by atoms with van der Waals surface area (Å²) < 4.78 is 14.1. The fraction of sp³-hybridized carbons (Fsp3) is 0.625. The number of hydrogen-bond donors (Lipinski definition) is 1. The van der Waals surface area contributed by atoms with Crippen LogP contribution in [-0.2, 0) is 6.42 Å². The molecule has 2 unspecified atom stereocenters. The number of rotatable bonds is 3. The van der Waals surface area contributed by atoms with Crippen LogP contribution in [0.2, 0.25) is 0 Å². The van der Waals surface area contributed by atoms with Crippen LogP contribution in [0.5, 0.6) is 0 Å². The van der Waals surface area contributed by atoms with E-state index in [0.717, 1.165) is 30.7 Å². The first-order valence-corrected chi connectivity index (χ1v) is 8.02. The lowest BCUT2D eigenvalue weighted by Gasteiger charge is -2.37. The van der Waals surface area contributed by atoms with Crippen molar-refractivity contribution in [2.24, 2.45) is 11.8 Å². The number of benzene rings is 1. The molecular weight excluding hydrogens is 307 g/mol.